The molecule has 0 bridgehead atoms. The molecule has 100 valence electrons. The molecule has 0 aliphatic carbocycles. The summed E-state index contributed by atoms with van der Waals surface area (Å²) >= 11 is 0. The fraction of sp³-hybridized carbons (Fsp3) is 0.923. The molecule has 0 aromatic carbocycles. The summed E-state index contributed by atoms with van der Waals surface area (Å²) in [6, 6.07) is 0. The van der Waals surface area contributed by atoms with Crippen LogP contribution in [0.5, 0.6) is 0 Å². The van der Waals surface area contributed by atoms with E-state index in [1.807, 2.05) is 14.0 Å². The van der Waals surface area contributed by atoms with Gasteiger partial charge in [-0.25, -0.2) is 0 Å². The third kappa shape index (κ3) is 3.96. The van der Waals surface area contributed by atoms with Gasteiger partial charge in [-0.1, -0.05) is 6.92 Å². The van der Waals surface area contributed by atoms with Crippen molar-refractivity contribution in [1.82, 2.24) is 10.2 Å². The van der Waals surface area contributed by atoms with Gasteiger partial charge in [-0.05, 0) is 52.2 Å². The van der Waals surface area contributed by atoms with Gasteiger partial charge in [0.1, 0.15) is 5.54 Å². The summed E-state index contributed by atoms with van der Waals surface area (Å²) in [6.07, 6.45) is 3.74. The number of likely N-dealkylation sites (N-methyl/N-ethyl adjacent to an activating group) is 1. The lowest BCUT2D eigenvalue weighted by Crippen LogP contribution is -2.56. The van der Waals surface area contributed by atoms with Crippen LogP contribution < -0.4 is 5.32 Å². The lowest BCUT2D eigenvalue weighted by atomic mass is 10.0. The number of carbonyl (C=O) groups is 1. The van der Waals surface area contributed by atoms with Crippen LogP contribution in [0.25, 0.3) is 0 Å². The Balaban J connectivity index is 2.58. The Kier molecular flexibility index (Phi) is 5.40. The first-order chi connectivity index (χ1) is 8.01. The topological polar surface area (TPSA) is 41.6 Å². The van der Waals surface area contributed by atoms with Crippen molar-refractivity contribution >= 4 is 5.97 Å². The van der Waals surface area contributed by atoms with Crippen molar-refractivity contribution in [3.05, 3.63) is 0 Å². The molecule has 1 aliphatic rings. The minimum Gasteiger partial charge on any atom is -0.468 e. The quantitative estimate of drug-likeness (QED) is 0.754. The summed E-state index contributed by atoms with van der Waals surface area (Å²) < 4.78 is 4.87. The van der Waals surface area contributed by atoms with E-state index in [1.165, 1.54) is 26.4 Å². The number of likely N-dealkylation sites (tertiary alicyclic amines) is 1. The Bertz CT molecular complexity index is 258. The molecule has 4 heteroatoms. The first-order valence-corrected chi connectivity index (χ1v) is 6.51. The van der Waals surface area contributed by atoms with Crippen molar-refractivity contribution in [1.29, 1.82) is 0 Å². The molecule has 0 aromatic heterocycles. The molecule has 0 aromatic rings. The van der Waals surface area contributed by atoms with Crippen LogP contribution in [-0.2, 0) is 9.53 Å². The van der Waals surface area contributed by atoms with Gasteiger partial charge in [0, 0.05) is 6.54 Å². The molecule has 1 heterocycles. The molecule has 1 rings (SSSR count). The van der Waals surface area contributed by atoms with E-state index in [4.69, 9.17) is 4.74 Å². The Hall–Kier alpha value is -0.610. The van der Waals surface area contributed by atoms with Gasteiger partial charge >= 0.3 is 5.97 Å². The van der Waals surface area contributed by atoms with E-state index < -0.39 is 5.54 Å². The second-order valence-corrected chi connectivity index (χ2v) is 5.39. The number of rotatable bonds is 4. The predicted molar refractivity (Wildman–Crippen MR) is 68.9 cm³/mol. The normalized spacial score (nSPS) is 26.0. The van der Waals surface area contributed by atoms with Crippen LogP contribution in [0.15, 0.2) is 0 Å². The fourth-order valence-electron chi connectivity index (χ4n) is 2.40. The van der Waals surface area contributed by atoms with E-state index in [9.17, 15) is 4.79 Å². The van der Waals surface area contributed by atoms with Gasteiger partial charge in [0.2, 0.25) is 0 Å². The Morgan fingerprint density at radius 3 is 2.76 bits per heavy atom. The third-order valence-electron chi connectivity index (χ3n) is 3.84. The number of methoxy groups -OCH3 is 1. The summed E-state index contributed by atoms with van der Waals surface area (Å²) in [5.74, 6) is 0.622. The maximum atomic E-state index is 11.8. The molecular weight excluding hydrogens is 216 g/mol. The van der Waals surface area contributed by atoms with E-state index in [2.05, 4.69) is 17.1 Å². The minimum atomic E-state index is -0.595. The molecule has 0 amide bonds. The standard InChI is InChI=1S/C13H26N2O2/c1-11-6-5-8-15(9-7-11)10-13(2,14-3)12(16)17-4/h11,14H,5-10H2,1-4H3. The Labute approximate surface area is 105 Å². The number of nitrogens with zero attached hydrogens (tertiary/aromatic N) is 1. The summed E-state index contributed by atoms with van der Waals surface area (Å²) in [5, 5.41) is 3.09. The Morgan fingerprint density at radius 1 is 1.47 bits per heavy atom. The average Bonchev–Trinajstić information content (AvgIpc) is 2.53. The average molecular weight is 242 g/mol. The van der Waals surface area contributed by atoms with Gasteiger partial charge in [0.25, 0.3) is 0 Å². The van der Waals surface area contributed by atoms with Crippen LogP contribution in [0.2, 0.25) is 0 Å². The maximum Gasteiger partial charge on any atom is 0.327 e. The van der Waals surface area contributed by atoms with Crippen LogP contribution in [0, 0.1) is 5.92 Å². The maximum absolute atomic E-state index is 11.8. The van der Waals surface area contributed by atoms with E-state index in [0.29, 0.717) is 0 Å². The molecule has 17 heavy (non-hydrogen) atoms. The number of hydrogen-bond donors (Lipinski definition) is 1. The third-order valence-corrected chi connectivity index (χ3v) is 3.84. The lowest BCUT2D eigenvalue weighted by Gasteiger charge is -2.32. The van der Waals surface area contributed by atoms with Crippen molar-refractivity contribution in [2.45, 2.75) is 38.6 Å². The highest BCUT2D eigenvalue weighted by Gasteiger charge is 2.34. The van der Waals surface area contributed by atoms with Crippen molar-refractivity contribution in [2.24, 2.45) is 5.92 Å². The van der Waals surface area contributed by atoms with Gasteiger partial charge < -0.3 is 15.0 Å². The Morgan fingerprint density at radius 2 is 2.18 bits per heavy atom. The van der Waals surface area contributed by atoms with Crippen LogP contribution >= 0.6 is 0 Å². The van der Waals surface area contributed by atoms with Crippen LogP contribution in [-0.4, -0.2) is 50.2 Å². The molecule has 1 fully saturated rings. The number of ether oxygens (including phenoxy) is 1. The smallest absolute Gasteiger partial charge is 0.327 e. The van der Waals surface area contributed by atoms with E-state index in [0.717, 1.165) is 25.6 Å². The largest absolute Gasteiger partial charge is 0.468 e. The van der Waals surface area contributed by atoms with E-state index in [-0.39, 0.29) is 5.97 Å². The molecule has 1 saturated heterocycles. The van der Waals surface area contributed by atoms with Gasteiger partial charge in [0.05, 0.1) is 7.11 Å². The molecule has 2 unspecified atom stereocenters. The number of carbonyl (C=O) groups excluding carboxylic acids is 1. The van der Waals surface area contributed by atoms with Crippen LogP contribution in [0.1, 0.15) is 33.1 Å². The summed E-state index contributed by atoms with van der Waals surface area (Å²) in [6.45, 7) is 7.10. The second kappa shape index (κ2) is 6.36. The predicted octanol–water partition coefficient (Wildman–Crippen LogP) is 1.26. The van der Waals surface area contributed by atoms with Gasteiger partial charge in [-0.3, -0.25) is 4.79 Å². The number of hydrogen-bond acceptors (Lipinski definition) is 4. The highest BCUT2D eigenvalue weighted by atomic mass is 16.5. The molecule has 0 spiro atoms. The monoisotopic (exact) mass is 242 g/mol. The molecule has 2 atom stereocenters. The second-order valence-electron chi connectivity index (χ2n) is 5.39. The fourth-order valence-corrected chi connectivity index (χ4v) is 2.40. The van der Waals surface area contributed by atoms with Crippen LogP contribution in [0.3, 0.4) is 0 Å². The summed E-state index contributed by atoms with van der Waals surface area (Å²) in [5.41, 5.74) is -0.595. The summed E-state index contributed by atoms with van der Waals surface area (Å²) in [7, 11) is 3.26. The zero-order chi connectivity index (χ0) is 12.9. The number of nitrogens with one attached hydrogen (secondary N) is 1. The van der Waals surface area contributed by atoms with Gasteiger partial charge in [-0.2, -0.15) is 0 Å². The SMILES string of the molecule is CNC(C)(CN1CCCC(C)CC1)C(=O)OC. The molecule has 1 aliphatic heterocycles. The first-order valence-electron chi connectivity index (χ1n) is 6.51. The van der Waals surface area contributed by atoms with E-state index in [1.54, 1.807) is 0 Å². The minimum absolute atomic E-state index is 0.183. The zero-order valence-corrected chi connectivity index (χ0v) is 11.6. The molecule has 0 radical (unpaired) electrons. The van der Waals surface area contributed by atoms with Gasteiger partial charge in [-0.15, -0.1) is 0 Å². The molecule has 1 N–H and O–H groups in total. The summed E-state index contributed by atoms with van der Waals surface area (Å²) in [4.78, 5) is 14.1. The molecule has 0 saturated carbocycles. The highest BCUT2D eigenvalue weighted by molar-refractivity contribution is 5.80. The lowest BCUT2D eigenvalue weighted by molar-refractivity contribution is -0.148. The van der Waals surface area contributed by atoms with Crippen molar-refractivity contribution in [2.75, 3.05) is 33.8 Å². The van der Waals surface area contributed by atoms with Crippen molar-refractivity contribution < 1.29 is 9.53 Å². The first kappa shape index (κ1) is 14.5. The molecule has 4 nitrogen and oxygen atoms in total. The van der Waals surface area contributed by atoms with Crippen molar-refractivity contribution in [3.63, 3.8) is 0 Å². The van der Waals surface area contributed by atoms with Crippen molar-refractivity contribution in [3.8, 4) is 0 Å². The number of esters is 1. The zero-order valence-electron chi connectivity index (χ0n) is 11.6. The van der Waals surface area contributed by atoms with E-state index >= 15 is 0 Å². The van der Waals surface area contributed by atoms with Crippen LogP contribution in [0.4, 0.5) is 0 Å². The van der Waals surface area contributed by atoms with Gasteiger partial charge in [0.15, 0.2) is 0 Å². The molecular formula is C13H26N2O2. The highest BCUT2D eigenvalue weighted by Crippen LogP contribution is 2.18.